The zero-order valence-electron chi connectivity index (χ0n) is 23.6. The van der Waals surface area contributed by atoms with Gasteiger partial charge in [-0.1, -0.05) is 6.07 Å². The van der Waals surface area contributed by atoms with Gasteiger partial charge in [-0.15, -0.1) is 0 Å². The van der Waals surface area contributed by atoms with Gasteiger partial charge in [-0.2, -0.15) is 5.10 Å². The minimum absolute atomic E-state index is 0.114. The Morgan fingerprint density at radius 2 is 2.05 bits per heavy atom. The Balaban J connectivity index is 1.32. The average molecular weight is 598 g/mol. The molecular weight excluding hydrogens is 564 g/mol. The van der Waals surface area contributed by atoms with Gasteiger partial charge >= 0.3 is 0 Å². The lowest BCUT2D eigenvalue weighted by Gasteiger charge is -2.23. The topological polar surface area (TPSA) is 147 Å². The molecule has 4 aromatic rings. The maximum absolute atomic E-state index is 13.9. The van der Waals surface area contributed by atoms with Crippen molar-refractivity contribution >= 4 is 34.1 Å². The number of carbonyl (C=O) groups is 1. The van der Waals surface area contributed by atoms with Crippen LogP contribution in [-0.2, 0) is 16.0 Å². The highest BCUT2D eigenvalue weighted by molar-refractivity contribution is 5.96. The number of nitrogens with zero attached hydrogens (tertiary/aromatic N) is 4. The van der Waals surface area contributed by atoms with Crippen LogP contribution in [-0.4, -0.2) is 88.7 Å². The van der Waals surface area contributed by atoms with E-state index in [1.54, 1.807) is 25.3 Å². The number of hydrogen-bond donors (Lipinski definition) is 4. The first-order chi connectivity index (χ1) is 20.9. The number of H-pyrrole nitrogens is 1. The third-order valence-corrected chi connectivity index (χ3v) is 7.03. The molecule has 0 bridgehead atoms. The fourth-order valence-electron chi connectivity index (χ4n) is 4.94. The Labute approximate surface area is 246 Å². The Kier molecular flexibility index (Phi) is 9.92. The van der Waals surface area contributed by atoms with Crippen molar-refractivity contribution in [2.24, 2.45) is 0 Å². The van der Waals surface area contributed by atoms with Crippen LogP contribution in [0.2, 0.25) is 0 Å². The largest absolute Gasteiger partial charge is 0.491 e. The molecule has 0 aliphatic carbocycles. The number of aromatic nitrogens is 4. The zero-order valence-corrected chi connectivity index (χ0v) is 23.6. The van der Waals surface area contributed by atoms with E-state index < -0.39 is 17.5 Å². The van der Waals surface area contributed by atoms with E-state index in [1.165, 1.54) is 18.5 Å². The number of amides is 1. The molecule has 2 aromatic carbocycles. The third kappa shape index (κ3) is 7.52. The molecule has 1 atom stereocenters. The van der Waals surface area contributed by atoms with E-state index in [4.69, 9.17) is 14.2 Å². The summed E-state index contributed by atoms with van der Waals surface area (Å²) in [5.41, 5.74) is 0.763. The summed E-state index contributed by atoms with van der Waals surface area (Å²) in [6, 6.07) is 8.85. The number of nitrogens with one attached hydrogen (secondary N) is 3. The standard InChI is InChI=1S/C29H33F2N7O5/c1-41-10-11-42-20-14-23-27(24(15-20)43-9-8-38-7-3-4-19(38)16-39)29(33-17-32-23)35-25-12-18(36-37-25)13-26(40)34-22-6-2-5-21(30)28(22)31/h2,5-6,12,14-15,17,19,39H,3-4,7-11,13,16H2,1H3,(H,34,40)(H2,32,33,35,36,37)/t19-/m0/s1. The maximum Gasteiger partial charge on any atom is 0.230 e. The lowest BCUT2D eigenvalue weighted by Crippen LogP contribution is -2.35. The fourth-order valence-corrected chi connectivity index (χ4v) is 4.94. The molecule has 3 heterocycles. The zero-order chi connectivity index (χ0) is 30.2. The first-order valence-corrected chi connectivity index (χ1v) is 13.9. The molecule has 228 valence electrons. The number of anilines is 3. The summed E-state index contributed by atoms with van der Waals surface area (Å²) in [6.07, 6.45) is 3.24. The van der Waals surface area contributed by atoms with Crippen LogP contribution in [0.1, 0.15) is 18.5 Å². The number of benzene rings is 2. The number of rotatable bonds is 14. The predicted octanol–water partition coefficient (Wildman–Crippen LogP) is 3.42. The molecule has 14 heteroatoms. The van der Waals surface area contributed by atoms with Gasteiger partial charge < -0.3 is 30.0 Å². The van der Waals surface area contributed by atoms with Crippen molar-refractivity contribution < 1.29 is 32.9 Å². The van der Waals surface area contributed by atoms with Gasteiger partial charge in [-0.25, -0.2) is 18.7 Å². The molecule has 0 spiro atoms. The summed E-state index contributed by atoms with van der Waals surface area (Å²) in [5.74, 6) is -0.884. The minimum Gasteiger partial charge on any atom is -0.491 e. The van der Waals surface area contributed by atoms with Crippen LogP contribution < -0.4 is 20.1 Å². The van der Waals surface area contributed by atoms with Gasteiger partial charge in [0.1, 0.15) is 36.9 Å². The Bertz CT molecular complexity index is 1550. The number of halogens is 2. The van der Waals surface area contributed by atoms with E-state index >= 15 is 0 Å². The summed E-state index contributed by atoms with van der Waals surface area (Å²) < 4.78 is 44.6. The Morgan fingerprint density at radius 1 is 1.16 bits per heavy atom. The highest BCUT2D eigenvalue weighted by Gasteiger charge is 2.23. The molecule has 1 aliphatic rings. The minimum atomic E-state index is -1.13. The summed E-state index contributed by atoms with van der Waals surface area (Å²) in [6.45, 7) is 2.79. The molecule has 0 saturated carbocycles. The van der Waals surface area contributed by atoms with Crippen LogP contribution in [0.3, 0.4) is 0 Å². The van der Waals surface area contributed by atoms with Gasteiger partial charge in [0.2, 0.25) is 5.91 Å². The van der Waals surface area contributed by atoms with Gasteiger partial charge in [0.05, 0.1) is 36.2 Å². The fraction of sp³-hybridized carbons (Fsp3) is 0.379. The first-order valence-electron chi connectivity index (χ1n) is 13.9. The van der Waals surface area contributed by atoms with E-state index in [-0.39, 0.29) is 24.8 Å². The second-order valence-electron chi connectivity index (χ2n) is 9.97. The number of hydrogen-bond acceptors (Lipinski definition) is 10. The van der Waals surface area contributed by atoms with Crippen molar-refractivity contribution in [1.29, 1.82) is 0 Å². The van der Waals surface area contributed by atoms with Gasteiger partial charge in [-0.3, -0.25) is 14.8 Å². The molecule has 1 fully saturated rings. The normalized spacial score (nSPS) is 15.1. The number of aliphatic hydroxyl groups excluding tert-OH is 1. The lowest BCUT2D eigenvalue weighted by molar-refractivity contribution is -0.115. The third-order valence-electron chi connectivity index (χ3n) is 7.03. The van der Waals surface area contributed by atoms with Gasteiger partial charge in [0.15, 0.2) is 17.5 Å². The number of carbonyl (C=O) groups excluding carboxylic acids is 1. The SMILES string of the molecule is COCCOc1cc(OCCN2CCC[C@H]2CO)c2c(Nc3cc(CC(=O)Nc4cccc(F)c4F)[nH]n3)ncnc2c1. The molecule has 5 rings (SSSR count). The summed E-state index contributed by atoms with van der Waals surface area (Å²) in [4.78, 5) is 23.5. The molecule has 43 heavy (non-hydrogen) atoms. The van der Waals surface area contributed by atoms with E-state index in [2.05, 4.69) is 35.7 Å². The molecule has 2 aromatic heterocycles. The van der Waals surface area contributed by atoms with Gasteiger partial charge in [0, 0.05) is 43.6 Å². The molecule has 1 amide bonds. The molecular formula is C29H33F2N7O5. The highest BCUT2D eigenvalue weighted by atomic mass is 19.2. The molecule has 0 radical (unpaired) electrons. The predicted molar refractivity (Wildman–Crippen MR) is 155 cm³/mol. The van der Waals surface area contributed by atoms with E-state index in [0.29, 0.717) is 66.1 Å². The second kappa shape index (κ2) is 14.2. The maximum atomic E-state index is 13.9. The van der Waals surface area contributed by atoms with Gasteiger partial charge in [0.25, 0.3) is 0 Å². The lowest BCUT2D eigenvalue weighted by atomic mass is 10.2. The quantitative estimate of drug-likeness (QED) is 0.160. The van der Waals surface area contributed by atoms with Crippen molar-refractivity contribution in [3.63, 3.8) is 0 Å². The van der Waals surface area contributed by atoms with Crippen LogP contribution in [0, 0.1) is 11.6 Å². The van der Waals surface area contributed by atoms with Crippen molar-refractivity contribution in [2.45, 2.75) is 25.3 Å². The van der Waals surface area contributed by atoms with E-state index in [9.17, 15) is 18.7 Å². The number of aliphatic hydroxyl groups is 1. The summed E-state index contributed by atoms with van der Waals surface area (Å²) in [7, 11) is 1.60. The number of likely N-dealkylation sites (tertiary alicyclic amines) is 1. The Morgan fingerprint density at radius 3 is 2.88 bits per heavy atom. The summed E-state index contributed by atoms with van der Waals surface area (Å²) in [5, 5.41) is 22.8. The van der Waals surface area contributed by atoms with Crippen molar-refractivity contribution in [3.05, 3.63) is 60.1 Å². The van der Waals surface area contributed by atoms with E-state index in [1.807, 2.05) is 0 Å². The van der Waals surface area contributed by atoms with Crippen molar-refractivity contribution in [3.8, 4) is 11.5 Å². The number of methoxy groups -OCH3 is 1. The van der Waals surface area contributed by atoms with Crippen LogP contribution in [0.4, 0.5) is 26.1 Å². The molecule has 12 nitrogen and oxygen atoms in total. The summed E-state index contributed by atoms with van der Waals surface area (Å²) >= 11 is 0. The van der Waals surface area contributed by atoms with Crippen molar-refractivity contribution in [1.82, 2.24) is 25.1 Å². The number of ether oxygens (including phenoxy) is 3. The molecule has 1 saturated heterocycles. The van der Waals surface area contributed by atoms with E-state index in [0.717, 1.165) is 25.5 Å². The van der Waals surface area contributed by atoms with Gasteiger partial charge in [-0.05, 0) is 31.5 Å². The number of aromatic amines is 1. The second-order valence-corrected chi connectivity index (χ2v) is 9.97. The smallest absolute Gasteiger partial charge is 0.230 e. The molecule has 0 unspecified atom stereocenters. The average Bonchev–Trinajstić information content (AvgIpc) is 3.64. The first kappa shape index (κ1) is 30.1. The Hall–Kier alpha value is -4.40. The highest BCUT2D eigenvalue weighted by Crippen LogP contribution is 2.35. The van der Waals surface area contributed by atoms with Crippen LogP contribution >= 0.6 is 0 Å². The monoisotopic (exact) mass is 597 g/mol. The van der Waals surface area contributed by atoms with Crippen LogP contribution in [0.5, 0.6) is 11.5 Å². The number of fused-ring (bicyclic) bond motifs is 1. The van der Waals surface area contributed by atoms with Crippen LogP contribution in [0.15, 0.2) is 42.7 Å². The molecule has 1 aliphatic heterocycles. The van der Waals surface area contributed by atoms with Crippen molar-refractivity contribution in [2.75, 3.05) is 57.3 Å². The van der Waals surface area contributed by atoms with Crippen LogP contribution in [0.25, 0.3) is 10.9 Å². The molecule has 4 N–H and O–H groups in total.